The lowest BCUT2D eigenvalue weighted by molar-refractivity contribution is 0.0168. The lowest BCUT2D eigenvalue weighted by Crippen LogP contribution is -2.13. The molecule has 3 aromatic rings. The summed E-state index contributed by atoms with van der Waals surface area (Å²) >= 11 is 0. The minimum atomic E-state index is -0.931. The molecule has 29 heavy (non-hydrogen) atoms. The van der Waals surface area contributed by atoms with Crippen molar-refractivity contribution in [2.75, 3.05) is 0 Å². The van der Waals surface area contributed by atoms with Crippen LogP contribution in [0.5, 0.6) is 0 Å². The summed E-state index contributed by atoms with van der Waals surface area (Å²) in [5, 5.41) is 8.97. The van der Waals surface area contributed by atoms with Crippen LogP contribution in [0.25, 0.3) is 0 Å². The number of hydrogen-bond acceptors (Lipinski definition) is 2. The molecule has 0 aliphatic heterocycles. The van der Waals surface area contributed by atoms with Crippen LogP contribution < -0.4 is 0 Å². The van der Waals surface area contributed by atoms with Crippen molar-refractivity contribution in [2.24, 2.45) is 0 Å². The Hall–Kier alpha value is -3.35. The minimum absolute atomic E-state index is 0.168. The minimum Gasteiger partial charge on any atom is -0.478 e. The zero-order valence-electron chi connectivity index (χ0n) is 16.3. The van der Waals surface area contributed by atoms with Gasteiger partial charge in [-0.1, -0.05) is 48.2 Å². The number of carbonyl (C=O) groups is 1. The Bertz CT molecular complexity index is 1080. The van der Waals surface area contributed by atoms with E-state index in [1.165, 1.54) is 16.7 Å². The molecule has 0 unspecified atom stereocenters. The maximum Gasteiger partial charge on any atom is 0.335 e. The highest BCUT2D eigenvalue weighted by Gasteiger charge is 2.46. The normalized spacial score (nSPS) is 14.0. The zero-order valence-corrected chi connectivity index (χ0v) is 16.3. The molecule has 0 atom stereocenters. The van der Waals surface area contributed by atoms with E-state index in [1.807, 2.05) is 24.3 Å². The molecule has 1 saturated carbocycles. The van der Waals surface area contributed by atoms with E-state index in [0.29, 0.717) is 6.61 Å². The van der Waals surface area contributed by atoms with Gasteiger partial charge in [-0.3, -0.25) is 0 Å². The second-order valence-corrected chi connectivity index (χ2v) is 7.43. The summed E-state index contributed by atoms with van der Waals surface area (Å²) in [7, 11) is 0. The van der Waals surface area contributed by atoms with Crippen LogP contribution in [0.15, 0.2) is 72.8 Å². The highest BCUT2D eigenvalue weighted by Crippen LogP contribution is 2.50. The Morgan fingerprint density at radius 2 is 1.62 bits per heavy atom. The molecular formula is C26H22O3. The van der Waals surface area contributed by atoms with Crippen LogP contribution in [0.3, 0.4) is 0 Å². The number of ether oxygens (including phenoxy) is 1. The number of rotatable bonds is 5. The third-order valence-corrected chi connectivity index (χ3v) is 5.26. The first-order chi connectivity index (χ1) is 14.1. The lowest BCUT2D eigenvalue weighted by Gasteiger charge is -2.19. The van der Waals surface area contributed by atoms with E-state index in [9.17, 15) is 4.79 Å². The number of benzene rings is 3. The fourth-order valence-corrected chi connectivity index (χ4v) is 3.49. The summed E-state index contributed by atoms with van der Waals surface area (Å²) in [4.78, 5) is 10.9. The molecular weight excluding hydrogens is 360 g/mol. The van der Waals surface area contributed by atoms with Gasteiger partial charge in [-0.25, -0.2) is 4.79 Å². The molecule has 0 bridgehead atoms. The van der Waals surface area contributed by atoms with Crippen molar-refractivity contribution in [2.45, 2.75) is 32.0 Å². The standard InChI is InChI=1S/C26H22O3/c1-19-17-21(8-7-20-9-12-23(13-10-20)25(27)28)11-14-24(19)26(15-16-26)29-18-22-5-3-2-4-6-22/h2-6,9-14,17H,15-16,18H2,1H3,(H,27,28). The van der Waals surface area contributed by atoms with Crippen molar-refractivity contribution in [1.29, 1.82) is 0 Å². The summed E-state index contributed by atoms with van der Waals surface area (Å²) in [5.41, 5.74) is 5.44. The van der Waals surface area contributed by atoms with Gasteiger partial charge in [0, 0.05) is 11.1 Å². The second-order valence-electron chi connectivity index (χ2n) is 7.43. The van der Waals surface area contributed by atoms with Crippen LogP contribution in [0.1, 0.15) is 51.0 Å². The maximum absolute atomic E-state index is 10.9. The van der Waals surface area contributed by atoms with Crippen LogP contribution in [0, 0.1) is 18.8 Å². The molecule has 1 aliphatic rings. The first kappa shape index (κ1) is 19.0. The van der Waals surface area contributed by atoms with Gasteiger partial charge in [0.2, 0.25) is 0 Å². The van der Waals surface area contributed by atoms with Crippen molar-refractivity contribution in [3.05, 3.63) is 106 Å². The van der Waals surface area contributed by atoms with Crippen molar-refractivity contribution in [1.82, 2.24) is 0 Å². The Balaban J connectivity index is 1.48. The predicted molar refractivity (Wildman–Crippen MR) is 113 cm³/mol. The van der Waals surface area contributed by atoms with Gasteiger partial charge < -0.3 is 9.84 Å². The van der Waals surface area contributed by atoms with E-state index in [4.69, 9.17) is 9.84 Å². The van der Waals surface area contributed by atoms with Crippen molar-refractivity contribution < 1.29 is 14.6 Å². The molecule has 0 heterocycles. The molecule has 3 aromatic carbocycles. The molecule has 1 aliphatic carbocycles. The van der Waals surface area contributed by atoms with Crippen LogP contribution in [-0.4, -0.2) is 11.1 Å². The van der Waals surface area contributed by atoms with Gasteiger partial charge in [-0.15, -0.1) is 0 Å². The smallest absolute Gasteiger partial charge is 0.335 e. The van der Waals surface area contributed by atoms with Crippen molar-refractivity contribution in [3.8, 4) is 11.8 Å². The molecule has 0 amide bonds. The van der Waals surface area contributed by atoms with Crippen molar-refractivity contribution >= 4 is 5.97 Å². The SMILES string of the molecule is Cc1cc(C#Cc2ccc(C(=O)O)cc2)ccc1C1(OCc2ccccc2)CC1. The predicted octanol–water partition coefficient (Wildman–Crippen LogP) is 5.30. The summed E-state index contributed by atoms with van der Waals surface area (Å²) in [6.07, 6.45) is 2.09. The summed E-state index contributed by atoms with van der Waals surface area (Å²) < 4.78 is 6.31. The van der Waals surface area contributed by atoms with Gasteiger partial charge in [0.1, 0.15) is 0 Å². The first-order valence-electron chi connectivity index (χ1n) is 9.70. The third kappa shape index (κ3) is 4.39. The molecule has 3 heteroatoms. The van der Waals surface area contributed by atoms with Crippen LogP contribution in [-0.2, 0) is 16.9 Å². The Labute approximate surface area is 171 Å². The van der Waals surface area contributed by atoms with Crippen molar-refractivity contribution in [3.63, 3.8) is 0 Å². The van der Waals surface area contributed by atoms with Gasteiger partial charge in [0.05, 0.1) is 17.8 Å². The molecule has 0 aromatic heterocycles. The Morgan fingerprint density at radius 1 is 0.966 bits per heavy atom. The Morgan fingerprint density at radius 3 is 2.24 bits per heavy atom. The number of aryl methyl sites for hydroxylation is 1. The van der Waals surface area contributed by atoms with Gasteiger partial charge in [-0.2, -0.15) is 0 Å². The van der Waals surface area contributed by atoms with Crippen LogP contribution >= 0.6 is 0 Å². The number of carboxylic acid groups (broad SMARTS) is 1. The van der Waals surface area contributed by atoms with Crippen LogP contribution in [0.4, 0.5) is 0 Å². The monoisotopic (exact) mass is 382 g/mol. The van der Waals surface area contributed by atoms with E-state index in [0.717, 1.165) is 24.0 Å². The van der Waals surface area contributed by atoms with E-state index in [-0.39, 0.29) is 11.2 Å². The average molecular weight is 382 g/mol. The highest BCUT2D eigenvalue weighted by molar-refractivity contribution is 5.87. The fourth-order valence-electron chi connectivity index (χ4n) is 3.49. The maximum atomic E-state index is 10.9. The summed E-state index contributed by atoms with van der Waals surface area (Å²) in [6.45, 7) is 2.72. The molecule has 0 spiro atoms. The second kappa shape index (κ2) is 7.95. The largest absolute Gasteiger partial charge is 0.478 e. The third-order valence-electron chi connectivity index (χ3n) is 5.26. The number of hydrogen-bond donors (Lipinski definition) is 1. The molecule has 0 saturated heterocycles. The quantitative estimate of drug-likeness (QED) is 0.609. The Kier molecular flexibility index (Phi) is 5.20. The van der Waals surface area contributed by atoms with Gasteiger partial charge in [-0.05, 0) is 72.9 Å². The molecule has 1 fully saturated rings. The topological polar surface area (TPSA) is 46.5 Å². The van der Waals surface area contributed by atoms with E-state index in [1.54, 1.807) is 24.3 Å². The molecule has 144 valence electrons. The lowest BCUT2D eigenvalue weighted by atomic mass is 9.99. The molecule has 4 rings (SSSR count). The summed E-state index contributed by atoms with van der Waals surface area (Å²) in [5.74, 6) is 5.34. The van der Waals surface area contributed by atoms with E-state index in [2.05, 4.69) is 43.0 Å². The highest BCUT2D eigenvalue weighted by atomic mass is 16.5. The first-order valence-corrected chi connectivity index (χ1v) is 9.70. The van der Waals surface area contributed by atoms with Gasteiger partial charge in [0.25, 0.3) is 0 Å². The van der Waals surface area contributed by atoms with Gasteiger partial charge in [0.15, 0.2) is 0 Å². The number of aromatic carboxylic acids is 1. The fraction of sp³-hybridized carbons (Fsp3) is 0.192. The van der Waals surface area contributed by atoms with E-state index < -0.39 is 5.97 Å². The van der Waals surface area contributed by atoms with Gasteiger partial charge >= 0.3 is 5.97 Å². The van der Waals surface area contributed by atoms with E-state index >= 15 is 0 Å². The molecule has 1 N–H and O–H groups in total. The number of carboxylic acids is 1. The average Bonchev–Trinajstić information content (AvgIpc) is 3.53. The molecule has 3 nitrogen and oxygen atoms in total. The van der Waals surface area contributed by atoms with Crippen LogP contribution in [0.2, 0.25) is 0 Å². The molecule has 0 radical (unpaired) electrons. The summed E-state index contributed by atoms with van der Waals surface area (Å²) in [6, 6.07) is 23.1. The zero-order chi connectivity index (χ0) is 20.3.